The number of anilines is 1. The number of rotatable bonds is 3. The highest BCUT2D eigenvalue weighted by molar-refractivity contribution is 7.13. The third-order valence-electron chi connectivity index (χ3n) is 2.18. The molecule has 2 N–H and O–H groups in total. The second-order valence-electron chi connectivity index (χ2n) is 3.44. The summed E-state index contributed by atoms with van der Waals surface area (Å²) < 4.78 is 0. The van der Waals surface area contributed by atoms with Crippen molar-refractivity contribution >= 4 is 22.5 Å². The van der Waals surface area contributed by atoms with Crippen LogP contribution in [0.3, 0.4) is 0 Å². The lowest BCUT2D eigenvalue weighted by Gasteiger charge is -2.13. The minimum Gasteiger partial charge on any atom is -0.331 e. The van der Waals surface area contributed by atoms with E-state index in [0.29, 0.717) is 5.13 Å². The van der Waals surface area contributed by atoms with Gasteiger partial charge in [-0.3, -0.25) is 10.3 Å². The normalized spacial score (nSPS) is 11.8. The minimum atomic E-state index is -0.267. The maximum absolute atomic E-state index is 11.6. The Balaban J connectivity index is 1.91. The molecule has 0 radical (unpaired) electrons. The van der Waals surface area contributed by atoms with Gasteiger partial charge in [-0.2, -0.15) is 0 Å². The Kier molecular flexibility index (Phi) is 3.66. The van der Waals surface area contributed by atoms with Crippen LogP contribution in [0.25, 0.3) is 0 Å². The lowest BCUT2D eigenvalue weighted by atomic mass is 10.1. The van der Waals surface area contributed by atoms with E-state index >= 15 is 0 Å². The fourth-order valence-electron chi connectivity index (χ4n) is 1.33. The van der Waals surface area contributed by atoms with Crippen LogP contribution in [0.4, 0.5) is 9.93 Å². The molecule has 2 amide bonds. The molecule has 5 nitrogen and oxygen atoms in total. The van der Waals surface area contributed by atoms with Crippen LogP contribution < -0.4 is 10.6 Å². The first-order valence-corrected chi connectivity index (χ1v) is 6.00. The van der Waals surface area contributed by atoms with Crippen LogP contribution in [-0.2, 0) is 0 Å². The smallest absolute Gasteiger partial charge is 0.321 e. The molecule has 2 aromatic rings. The molecule has 0 saturated heterocycles. The highest BCUT2D eigenvalue weighted by atomic mass is 32.1. The van der Waals surface area contributed by atoms with Crippen LogP contribution in [-0.4, -0.2) is 16.0 Å². The molecule has 0 aromatic carbocycles. The van der Waals surface area contributed by atoms with E-state index in [0.717, 1.165) is 5.56 Å². The van der Waals surface area contributed by atoms with E-state index in [-0.39, 0.29) is 12.1 Å². The Labute approximate surface area is 103 Å². The number of urea groups is 1. The summed E-state index contributed by atoms with van der Waals surface area (Å²) >= 11 is 1.38. The van der Waals surface area contributed by atoms with Gasteiger partial charge in [0.05, 0.1) is 6.04 Å². The van der Waals surface area contributed by atoms with Crippen LogP contribution in [0.1, 0.15) is 18.5 Å². The molecular formula is C11H12N4OS. The molecule has 2 aromatic heterocycles. The maximum atomic E-state index is 11.6. The zero-order valence-electron chi connectivity index (χ0n) is 9.25. The van der Waals surface area contributed by atoms with Gasteiger partial charge in [-0.25, -0.2) is 9.78 Å². The Morgan fingerprint density at radius 1 is 1.47 bits per heavy atom. The van der Waals surface area contributed by atoms with Crippen molar-refractivity contribution in [2.45, 2.75) is 13.0 Å². The highest BCUT2D eigenvalue weighted by Gasteiger charge is 2.09. The highest BCUT2D eigenvalue weighted by Crippen LogP contribution is 2.12. The van der Waals surface area contributed by atoms with Gasteiger partial charge in [0.2, 0.25) is 0 Å². The molecule has 2 rings (SSSR count). The first-order chi connectivity index (χ1) is 8.25. The summed E-state index contributed by atoms with van der Waals surface area (Å²) in [7, 11) is 0. The molecule has 2 heterocycles. The molecule has 88 valence electrons. The van der Waals surface area contributed by atoms with E-state index in [1.807, 2.05) is 19.1 Å². The van der Waals surface area contributed by atoms with Gasteiger partial charge in [0.15, 0.2) is 5.13 Å². The molecule has 0 aliphatic carbocycles. The molecule has 0 fully saturated rings. The molecule has 0 bridgehead atoms. The molecule has 0 saturated carbocycles. The predicted molar refractivity (Wildman–Crippen MR) is 66.9 cm³/mol. The average Bonchev–Trinajstić information content (AvgIpc) is 2.82. The average molecular weight is 248 g/mol. The molecule has 17 heavy (non-hydrogen) atoms. The third-order valence-corrected chi connectivity index (χ3v) is 2.87. The molecule has 0 spiro atoms. The molecular weight excluding hydrogens is 236 g/mol. The molecule has 1 atom stereocenters. The van der Waals surface area contributed by atoms with Crippen molar-refractivity contribution in [3.63, 3.8) is 0 Å². The van der Waals surface area contributed by atoms with Crippen molar-refractivity contribution in [3.8, 4) is 0 Å². The summed E-state index contributed by atoms with van der Waals surface area (Å²) in [6.45, 7) is 1.90. The third kappa shape index (κ3) is 3.25. The van der Waals surface area contributed by atoms with E-state index in [2.05, 4.69) is 20.6 Å². The van der Waals surface area contributed by atoms with E-state index in [9.17, 15) is 4.79 Å². The molecule has 0 aliphatic heterocycles. The zero-order valence-corrected chi connectivity index (χ0v) is 10.1. The SMILES string of the molecule is C[C@@H](NC(=O)Nc1nccs1)c1cccnc1. The van der Waals surface area contributed by atoms with Gasteiger partial charge >= 0.3 is 6.03 Å². The van der Waals surface area contributed by atoms with Crippen LogP contribution in [0.2, 0.25) is 0 Å². The van der Waals surface area contributed by atoms with Crippen LogP contribution >= 0.6 is 11.3 Å². The Morgan fingerprint density at radius 3 is 3.00 bits per heavy atom. The van der Waals surface area contributed by atoms with Crippen LogP contribution in [0, 0.1) is 0 Å². The monoisotopic (exact) mass is 248 g/mol. The molecule has 6 heteroatoms. The largest absolute Gasteiger partial charge is 0.331 e. The lowest BCUT2D eigenvalue weighted by molar-refractivity contribution is 0.249. The maximum Gasteiger partial charge on any atom is 0.321 e. The Bertz CT molecular complexity index is 471. The van der Waals surface area contributed by atoms with Gasteiger partial charge in [-0.05, 0) is 18.6 Å². The number of hydrogen-bond donors (Lipinski definition) is 2. The van der Waals surface area contributed by atoms with Crippen molar-refractivity contribution in [1.29, 1.82) is 0 Å². The Morgan fingerprint density at radius 2 is 2.35 bits per heavy atom. The number of nitrogens with one attached hydrogen (secondary N) is 2. The predicted octanol–water partition coefficient (Wildman–Crippen LogP) is 2.42. The van der Waals surface area contributed by atoms with E-state index < -0.39 is 0 Å². The first-order valence-electron chi connectivity index (χ1n) is 5.12. The number of carbonyl (C=O) groups is 1. The second-order valence-corrected chi connectivity index (χ2v) is 4.34. The van der Waals surface area contributed by atoms with Gasteiger partial charge in [-0.1, -0.05) is 6.07 Å². The van der Waals surface area contributed by atoms with Gasteiger partial charge in [0.1, 0.15) is 0 Å². The van der Waals surface area contributed by atoms with Crippen molar-refractivity contribution in [1.82, 2.24) is 15.3 Å². The first kappa shape index (κ1) is 11.5. The number of nitrogens with zero attached hydrogens (tertiary/aromatic N) is 2. The van der Waals surface area contributed by atoms with Gasteiger partial charge in [-0.15, -0.1) is 11.3 Å². The lowest BCUT2D eigenvalue weighted by Crippen LogP contribution is -2.31. The summed E-state index contributed by atoms with van der Waals surface area (Å²) in [4.78, 5) is 19.6. The minimum absolute atomic E-state index is 0.0938. The summed E-state index contributed by atoms with van der Waals surface area (Å²) in [5, 5.41) is 7.86. The second kappa shape index (κ2) is 5.40. The van der Waals surface area contributed by atoms with Gasteiger partial charge < -0.3 is 5.32 Å². The van der Waals surface area contributed by atoms with E-state index in [1.54, 1.807) is 24.0 Å². The van der Waals surface area contributed by atoms with Gasteiger partial charge in [0.25, 0.3) is 0 Å². The number of aromatic nitrogens is 2. The summed E-state index contributed by atoms with van der Waals surface area (Å²) in [6.07, 6.45) is 5.07. The van der Waals surface area contributed by atoms with Crippen LogP contribution in [0.5, 0.6) is 0 Å². The number of pyridine rings is 1. The zero-order chi connectivity index (χ0) is 12.1. The van der Waals surface area contributed by atoms with Crippen molar-refractivity contribution in [2.24, 2.45) is 0 Å². The fraction of sp³-hybridized carbons (Fsp3) is 0.182. The topological polar surface area (TPSA) is 66.9 Å². The summed E-state index contributed by atoms with van der Waals surface area (Å²) in [5.74, 6) is 0. The van der Waals surface area contributed by atoms with Crippen molar-refractivity contribution in [2.75, 3.05) is 5.32 Å². The van der Waals surface area contributed by atoms with E-state index in [4.69, 9.17) is 0 Å². The number of amides is 2. The van der Waals surface area contributed by atoms with Crippen molar-refractivity contribution in [3.05, 3.63) is 41.7 Å². The number of hydrogen-bond acceptors (Lipinski definition) is 4. The Hall–Kier alpha value is -1.95. The fourth-order valence-corrected chi connectivity index (χ4v) is 1.85. The number of carbonyl (C=O) groups excluding carboxylic acids is 1. The number of thiazole rings is 1. The van der Waals surface area contributed by atoms with Gasteiger partial charge in [0, 0.05) is 24.0 Å². The summed E-state index contributed by atoms with van der Waals surface area (Å²) in [5.41, 5.74) is 0.960. The van der Waals surface area contributed by atoms with Crippen LogP contribution in [0.15, 0.2) is 36.1 Å². The standard InChI is InChI=1S/C11H12N4OS/c1-8(9-3-2-4-12-7-9)14-10(16)15-11-13-5-6-17-11/h2-8H,1H3,(H2,13,14,15,16)/t8-/m1/s1. The molecule has 0 aliphatic rings. The summed E-state index contributed by atoms with van der Waals surface area (Å²) in [6, 6.07) is 3.40. The molecule has 0 unspecified atom stereocenters. The van der Waals surface area contributed by atoms with Crippen molar-refractivity contribution < 1.29 is 4.79 Å². The van der Waals surface area contributed by atoms with E-state index in [1.165, 1.54) is 11.3 Å². The quantitative estimate of drug-likeness (QED) is 0.876.